The molecule has 0 aliphatic rings. The van der Waals surface area contributed by atoms with Gasteiger partial charge in [-0.05, 0) is 37.1 Å². The van der Waals surface area contributed by atoms with Crippen LogP contribution in [-0.2, 0) is 17.9 Å². The van der Waals surface area contributed by atoms with Crippen molar-refractivity contribution < 1.29 is 4.79 Å². The molecule has 0 atom stereocenters. The number of amides is 1. The molecule has 0 radical (unpaired) electrons. The van der Waals surface area contributed by atoms with E-state index in [0.29, 0.717) is 13.0 Å². The van der Waals surface area contributed by atoms with Gasteiger partial charge in [0.25, 0.3) is 0 Å². The number of nitrogens with zero attached hydrogens (tertiary/aromatic N) is 2. The maximum Gasteiger partial charge on any atom is 0.220 e. The second-order valence-electron chi connectivity index (χ2n) is 6.16. The Morgan fingerprint density at radius 1 is 1.17 bits per heavy atom. The summed E-state index contributed by atoms with van der Waals surface area (Å²) in [6.07, 6.45) is 0.483. The van der Waals surface area contributed by atoms with Gasteiger partial charge in [0.15, 0.2) is 0 Å². The van der Waals surface area contributed by atoms with Crippen molar-refractivity contribution in [3.8, 4) is 0 Å². The molecule has 0 unspecified atom stereocenters. The highest BCUT2D eigenvalue weighted by Gasteiger charge is 2.12. The van der Waals surface area contributed by atoms with Gasteiger partial charge in [0.05, 0.1) is 17.6 Å². The van der Waals surface area contributed by atoms with Crippen molar-refractivity contribution in [2.45, 2.75) is 40.3 Å². The summed E-state index contributed by atoms with van der Waals surface area (Å²) in [4.78, 5) is 16.3. The molecule has 124 valence electrons. The van der Waals surface area contributed by atoms with Crippen molar-refractivity contribution in [3.63, 3.8) is 0 Å². The molecule has 0 saturated heterocycles. The van der Waals surface area contributed by atoms with Gasteiger partial charge in [-0.3, -0.25) is 4.79 Å². The number of benzene rings is 2. The fraction of sp³-hybridized carbons (Fsp3) is 0.300. The van der Waals surface area contributed by atoms with Crippen LogP contribution in [0.3, 0.4) is 0 Å². The Hall–Kier alpha value is -2.62. The molecule has 3 rings (SSSR count). The van der Waals surface area contributed by atoms with E-state index in [1.165, 1.54) is 16.7 Å². The van der Waals surface area contributed by atoms with Gasteiger partial charge in [0.1, 0.15) is 5.82 Å². The van der Waals surface area contributed by atoms with Crippen molar-refractivity contribution in [3.05, 3.63) is 65.0 Å². The van der Waals surface area contributed by atoms with E-state index in [1.807, 2.05) is 25.1 Å². The highest BCUT2D eigenvalue weighted by atomic mass is 16.1. The van der Waals surface area contributed by atoms with Crippen molar-refractivity contribution in [1.82, 2.24) is 14.9 Å². The minimum Gasteiger partial charge on any atom is -0.349 e. The Labute approximate surface area is 142 Å². The lowest BCUT2D eigenvalue weighted by Gasteiger charge is -2.13. The molecular weight excluding hydrogens is 298 g/mol. The molecule has 1 aromatic heterocycles. The summed E-state index contributed by atoms with van der Waals surface area (Å²) in [6, 6.07) is 14.6. The van der Waals surface area contributed by atoms with Crippen LogP contribution in [0, 0.1) is 13.8 Å². The first-order valence-electron chi connectivity index (χ1n) is 8.35. The van der Waals surface area contributed by atoms with Crippen molar-refractivity contribution in [1.29, 1.82) is 0 Å². The van der Waals surface area contributed by atoms with Crippen LogP contribution >= 0.6 is 0 Å². The van der Waals surface area contributed by atoms with Gasteiger partial charge in [-0.15, -0.1) is 0 Å². The maximum absolute atomic E-state index is 11.6. The van der Waals surface area contributed by atoms with Gasteiger partial charge >= 0.3 is 0 Å². The molecule has 0 fully saturated rings. The number of fused-ring (bicyclic) bond motifs is 1. The molecule has 0 saturated carbocycles. The first-order valence-corrected chi connectivity index (χ1v) is 8.35. The van der Waals surface area contributed by atoms with Gasteiger partial charge < -0.3 is 9.88 Å². The number of carbonyl (C=O) groups is 1. The van der Waals surface area contributed by atoms with Crippen LogP contribution in [0.15, 0.2) is 42.5 Å². The zero-order valence-corrected chi connectivity index (χ0v) is 14.5. The smallest absolute Gasteiger partial charge is 0.220 e. The first-order chi connectivity index (χ1) is 11.6. The summed E-state index contributed by atoms with van der Waals surface area (Å²) >= 11 is 0. The molecule has 0 spiro atoms. The molecule has 4 heteroatoms. The Bertz CT molecular complexity index is 880. The third-order valence-corrected chi connectivity index (χ3v) is 4.33. The third-order valence-electron chi connectivity index (χ3n) is 4.33. The second-order valence-corrected chi connectivity index (χ2v) is 6.16. The van der Waals surface area contributed by atoms with E-state index in [9.17, 15) is 4.79 Å². The highest BCUT2D eigenvalue weighted by Crippen LogP contribution is 2.20. The Morgan fingerprint density at radius 2 is 1.96 bits per heavy atom. The normalized spacial score (nSPS) is 11.0. The molecule has 1 heterocycles. The summed E-state index contributed by atoms with van der Waals surface area (Å²) in [5.74, 6) is 0.930. The van der Waals surface area contributed by atoms with Crippen molar-refractivity contribution >= 4 is 16.9 Å². The third kappa shape index (κ3) is 3.32. The highest BCUT2D eigenvalue weighted by molar-refractivity contribution is 5.77. The Kier molecular flexibility index (Phi) is 4.65. The average molecular weight is 321 g/mol. The van der Waals surface area contributed by atoms with E-state index >= 15 is 0 Å². The Morgan fingerprint density at radius 3 is 2.75 bits per heavy atom. The number of aryl methyl sites for hydroxylation is 2. The first kappa shape index (κ1) is 16.2. The number of nitrogens with one attached hydrogen (secondary N) is 1. The lowest BCUT2D eigenvalue weighted by molar-refractivity contribution is -0.120. The van der Waals surface area contributed by atoms with Gasteiger partial charge in [-0.1, -0.05) is 42.8 Å². The van der Waals surface area contributed by atoms with E-state index in [0.717, 1.165) is 23.4 Å². The predicted octanol–water partition coefficient (Wildman–Crippen LogP) is 3.73. The summed E-state index contributed by atoms with van der Waals surface area (Å²) in [7, 11) is 0. The lowest BCUT2D eigenvalue weighted by atomic mass is 10.1. The molecule has 1 N–H and O–H groups in total. The molecule has 4 nitrogen and oxygen atoms in total. The Balaban J connectivity index is 2.00. The van der Waals surface area contributed by atoms with Gasteiger partial charge in [0, 0.05) is 13.0 Å². The molecule has 24 heavy (non-hydrogen) atoms. The standard InChI is InChI=1S/C20H23N3O/c1-4-20(24)21-12-19-22-17-7-5-6-8-18(17)23(19)13-16-11-14(2)9-10-15(16)3/h5-11H,4,12-13H2,1-3H3,(H,21,24). The van der Waals surface area contributed by atoms with Crippen LogP contribution in [0.5, 0.6) is 0 Å². The largest absolute Gasteiger partial charge is 0.349 e. The van der Waals surface area contributed by atoms with Crippen LogP contribution < -0.4 is 5.32 Å². The molecule has 3 aromatic rings. The minimum absolute atomic E-state index is 0.0420. The number of para-hydroxylation sites is 2. The van der Waals surface area contributed by atoms with E-state index in [1.54, 1.807) is 0 Å². The van der Waals surface area contributed by atoms with Crippen molar-refractivity contribution in [2.24, 2.45) is 0 Å². The summed E-state index contributed by atoms with van der Waals surface area (Å²) < 4.78 is 2.20. The van der Waals surface area contributed by atoms with Crippen LogP contribution in [-0.4, -0.2) is 15.5 Å². The monoisotopic (exact) mass is 321 g/mol. The summed E-state index contributed by atoms with van der Waals surface area (Å²) in [5.41, 5.74) is 5.85. The quantitative estimate of drug-likeness (QED) is 0.778. The molecule has 0 aliphatic heterocycles. The van der Waals surface area contributed by atoms with E-state index in [4.69, 9.17) is 4.98 Å². The van der Waals surface area contributed by atoms with Gasteiger partial charge in [-0.2, -0.15) is 0 Å². The van der Waals surface area contributed by atoms with E-state index in [2.05, 4.69) is 48.0 Å². The topological polar surface area (TPSA) is 46.9 Å². The van der Waals surface area contributed by atoms with Crippen LogP contribution in [0.4, 0.5) is 0 Å². The molecule has 1 amide bonds. The van der Waals surface area contributed by atoms with Crippen LogP contribution in [0.25, 0.3) is 11.0 Å². The fourth-order valence-corrected chi connectivity index (χ4v) is 2.88. The second kappa shape index (κ2) is 6.87. The number of imidazole rings is 1. The van der Waals surface area contributed by atoms with Crippen LogP contribution in [0.2, 0.25) is 0 Å². The van der Waals surface area contributed by atoms with E-state index < -0.39 is 0 Å². The molecular formula is C20H23N3O. The zero-order valence-electron chi connectivity index (χ0n) is 14.5. The van der Waals surface area contributed by atoms with Crippen molar-refractivity contribution in [2.75, 3.05) is 0 Å². The van der Waals surface area contributed by atoms with Gasteiger partial charge in [-0.25, -0.2) is 4.98 Å². The number of rotatable bonds is 5. The van der Waals surface area contributed by atoms with Gasteiger partial charge in [0.2, 0.25) is 5.91 Å². The lowest BCUT2D eigenvalue weighted by Crippen LogP contribution is -2.23. The maximum atomic E-state index is 11.6. The fourth-order valence-electron chi connectivity index (χ4n) is 2.88. The number of hydrogen-bond acceptors (Lipinski definition) is 2. The van der Waals surface area contributed by atoms with E-state index in [-0.39, 0.29) is 5.91 Å². The number of hydrogen-bond donors (Lipinski definition) is 1. The molecule has 0 aliphatic carbocycles. The summed E-state index contributed by atoms with van der Waals surface area (Å²) in [5, 5.41) is 2.94. The average Bonchev–Trinajstić information content (AvgIpc) is 2.93. The molecule has 0 bridgehead atoms. The minimum atomic E-state index is 0.0420. The van der Waals surface area contributed by atoms with Crippen LogP contribution in [0.1, 0.15) is 35.9 Å². The number of aromatic nitrogens is 2. The summed E-state index contributed by atoms with van der Waals surface area (Å²) in [6.45, 7) is 7.30. The predicted molar refractivity (Wildman–Crippen MR) is 96.9 cm³/mol. The number of carbonyl (C=O) groups excluding carboxylic acids is 1. The molecule has 2 aromatic carbocycles. The zero-order chi connectivity index (χ0) is 17.1. The SMILES string of the molecule is CCC(=O)NCc1nc2ccccc2n1Cc1cc(C)ccc1C.